The van der Waals surface area contributed by atoms with E-state index in [2.05, 4.69) is 29.5 Å². The van der Waals surface area contributed by atoms with Gasteiger partial charge in [-0.05, 0) is 38.3 Å². The lowest BCUT2D eigenvalue weighted by atomic mass is 10.1. The van der Waals surface area contributed by atoms with Gasteiger partial charge in [-0.15, -0.1) is 0 Å². The molecule has 0 aromatic carbocycles. The Morgan fingerprint density at radius 2 is 2.10 bits per heavy atom. The molecule has 1 aromatic heterocycles. The summed E-state index contributed by atoms with van der Waals surface area (Å²) in [6, 6.07) is 3.66. The Bertz CT molecular complexity index is 447. The number of ether oxygens (including phenoxy) is 1. The fourth-order valence-electron chi connectivity index (χ4n) is 1.87. The normalized spacial score (nSPS) is 10.7. The topological polar surface area (TPSA) is 63.2 Å². The molecule has 0 aliphatic carbocycles. The summed E-state index contributed by atoms with van der Waals surface area (Å²) in [4.78, 5) is 16.7. The van der Waals surface area contributed by atoms with Gasteiger partial charge in [-0.2, -0.15) is 0 Å². The van der Waals surface area contributed by atoms with Crippen LogP contribution in [0.3, 0.4) is 0 Å². The Morgan fingerprint density at radius 1 is 1.33 bits per heavy atom. The predicted octanol–water partition coefficient (Wildman–Crippen LogP) is 2.79. The number of aromatic nitrogens is 1. The summed E-state index contributed by atoms with van der Waals surface area (Å²) in [5.74, 6) is 0.978. The number of hydrogen-bond acceptors (Lipinski definition) is 4. The fraction of sp³-hybridized carbons (Fsp3) is 0.625. The van der Waals surface area contributed by atoms with E-state index in [0.717, 1.165) is 24.5 Å². The number of pyridine rings is 1. The van der Waals surface area contributed by atoms with E-state index in [4.69, 9.17) is 4.74 Å². The van der Waals surface area contributed by atoms with Gasteiger partial charge in [0.2, 0.25) is 0 Å². The number of nitrogens with zero attached hydrogens (tertiary/aromatic N) is 1. The maximum atomic E-state index is 12.2. The molecule has 118 valence electrons. The number of nitrogens with one attached hydrogen (secondary N) is 2. The fourth-order valence-corrected chi connectivity index (χ4v) is 1.87. The number of anilines is 1. The molecule has 0 saturated carbocycles. The van der Waals surface area contributed by atoms with Gasteiger partial charge >= 0.3 is 0 Å². The highest BCUT2D eigenvalue weighted by molar-refractivity contribution is 5.95. The third kappa shape index (κ3) is 6.12. The Hall–Kier alpha value is -1.62. The minimum absolute atomic E-state index is 0.0602. The molecule has 0 radical (unpaired) electrons. The summed E-state index contributed by atoms with van der Waals surface area (Å²) in [7, 11) is 0. The van der Waals surface area contributed by atoms with Gasteiger partial charge < -0.3 is 15.4 Å². The minimum atomic E-state index is -0.0602. The third-order valence-corrected chi connectivity index (χ3v) is 3.01. The zero-order valence-electron chi connectivity index (χ0n) is 13.5. The van der Waals surface area contributed by atoms with Gasteiger partial charge in [0.15, 0.2) is 0 Å². The van der Waals surface area contributed by atoms with Crippen LogP contribution < -0.4 is 10.6 Å². The van der Waals surface area contributed by atoms with Gasteiger partial charge in [0.05, 0.1) is 0 Å². The Kier molecular flexibility index (Phi) is 7.75. The van der Waals surface area contributed by atoms with Crippen LogP contribution in [0.25, 0.3) is 0 Å². The summed E-state index contributed by atoms with van der Waals surface area (Å²) in [5.41, 5.74) is 1.58. The van der Waals surface area contributed by atoms with Crippen molar-refractivity contribution in [2.24, 2.45) is 0 Å². The van der Waals surface area contributed by atoms with E-state index in [1.165, 1.54) is 0 Å². The first kappa shape index (κ1) is 17.4. The average molecular weight is 293 g/mol. The van der Waals surface area contributed by atoms with Gasteiger partial charge in [-0.3, -0.25) is 4.79 Å². The van der Waals surface area contributed by atoms with Crippen LogP contribution in [0.2, 0.25) is 0 Å². The first-order valence-electron chi connectivity index (χ1n) is 7.70. The van der Waals surface area contributed by atoms with Crippen molar-refractivity contribution < 1.29 is 9.53 Å². The van der Waals surface area contributed by atoms with Crippen LogP contribution in [0.15, 0.2) is 12.1 Å². The molecule has 5 heteroatoms. The first-order valence-corrected chi connectivity index (χ1v) is 7.70. The quantitative estimate of drug-likeness (QED) is 0.687. The van der Waals surface area contributed by atoms with E-state index in [1.54, 1.807) is 6.07 Å². The molecule has 1 rings (SSSR count). The SMILES string of the molecule is CCNc1cc(C(=O)NCCCOCC)cc(C(C)C)n1. The first-order chi connectivity index (χ1) is 10.1. The highest BCUT2D eigenvalue weighted by Gasteiger charge is 2.11. The van der Waals surface area contributed by atoms with E-state index in [0.29, 0.717) is 25.3 Å². The summed E-state index contributed by atoms with van der Waals surface area (Å²) < 4.78 is 5.25. The summed E-state index contributed by atoms with van der Waals surface area (Å²) >= 11 is 0. The Morgan fingerprint density at radius 3 is 2.71 bits per heavy atom. The van der Waals surface area contributed by atoms with Crippen molar-refractivity contribution in [2.45, 2.75) is 40.0 Å². The number of hydrogen-bond donors (Lipinski definition) is 2. The second-order valence-electron chi connectivity index (χ2n) is 5.16. The molecule has 0 atom stereocenters. The van der Waals surface area contributed by atoms with Gasteiger partial charge in [-0.1, -0.05) is 13.8 Å². The van der Waals surface area contributed by atoms with Crippen molar-refractivity contribution >= 4 is 11.7 Å². The van der Waals surface area contributed by atoms with Crippen LogP contribution in [0.5, 0.6) is 0 Å². The molecule has 1 amide bonds. The second kappa shape index (κ2) is 9.34. The number of carbonyl (C=O) groups is 1. The van der Waals surface area contributed by atoms with Crippen molar-refractivity contribution in [1.29, 1.82) is 0 Å². The summed E-state index contributed by atoms with van der Waals surface area (Å²) in [6.45, 7) is 10.9. The number of amides is 1. The smallest absolute Gasteiger partial charge is 0.251 e. The highest BCUT2D eigenvalue weighted by atomic mass is 16.5. The lowest BCUT2D eigenvalue weighted by Gasteiger charge is -2.12. The molecule has 0 saturated heterocycles. The molecule has 0 spiro atoms. The molecule has 1 aromatic rings. The van der Waals surface area contributed by atoms with Crippen LogP contribution in [0.4, 0.5) is 5.82 Å². The predicted molar refractivity (Wildman–Crippen MR) is 85.9 cm³/mol. The summed E-state index contributed by atoms with van der Waals surface area (Å²) in [5, 5.41) is 6.09. The van der Waals surface area contributed by atoms with Crippen LogP contribution in [0.1, 0.15) is 56.1 Å². The molecule has 0 fully saturated rings. The molecule has 0 aliphatic heterocycles. The highest BCUT2D eigenvalue weighted by Crippen LogP contribution is 2.17. The van der Waals surface area contributed by atoms with Crippen LogP contribution in [-0.2, 0) is 4.74 Å². The van der Waals surface area contributed by atoms with Gasteiger partial charge in [0, 0.05) is 37.6 Å². The molecule has 21 heavy (non-hydrogen) atoms. The Balaban J connectivity index is 2.68. The van der Waals surface area contributed by atoms with Crippen molar-refractivity contribution in [3.05, 3.63) is 23.4 Å². The van der Waals surface area contributed by atoms with Crippen molar-refractivity contribution in [3.63, 3.8) is 0 Å². The average Bonchev–Trinajstić information content (AvgIpc) is 2.46. The molecule has 0 aliphatic rings. The minimum Gasteiger partial charge on any atom is -0.382 e. The van der Waals surface area contributed by atoms with Gasteiger partial charge in [0.25, 0.3) is 5.91 Å². The monoisotopic (exact) mass is 293 g/mol. The molecular formula is C16H27N3O2. The van der Waals surface area contributed by atoms with Gasteiger partial charge in [-0.25, -0.2) is 4.98 Å². The van der Waals surface area contributed by atoms with Crippen molar-refractivity contribution in [1.82, 2.24) is 10.3 Å². The second-order valence-corrected chi connectivity index (χ2v) is 5.16. The zero-order chi connectivity index (χ0) is 15.7. The molecule has 1 heterocycles. The zero-order valence-corrected chi connectivity index (χ0v) is 13.5. The standard InChI is InChI=1S/C16H27N3O2/c1-5-17-15-11-13(10-14(19-15)12(3)4)16(20)18-8-7-9-21-6-2/h10-12H,5-9H2,1-4H3,(H,17,19)(H,18,20). The van der Waals surface area contributed by atoms with E-state index < -0.39 is 0 Å². The van der Waals surface area contributed by atoms with Crippen molar-refractivity contribution in [3.8, 4) is 0 Å². The van der Waals surface area contributed by atoms with Gasteiger partial charge in [0.1, 0.15) is 5.82 Å². The van der Waals surface area contributed by atoms with E-state index in [-0.39, 0.29) is 11.8 Å². The molecule has 0 unspecified atom stereocenters. The molecular weight excluding hydrogens is 266 g/mol. The maximum Gasteiger partial charge on any atom is 0.251 e. The van der Waals surface area contributed by atoms with E-state index in [1.807, 2.05) is 19.9 Å². The molecule has 0 bridgehead atoms. The largest absolute Gasteiger partial charge is 0.382 e. The lowest BCUT2D eigenvalue weighted by Crippen LogP contribution is -2.25. The maximum absolute atomic E-state index is 12.2. The van der Waals surface area contributed by atoms with Crippen LogP contribution in [-0.4, -0.2) is 37.2 Å². The van der Waals surface area contributed by atoms with Crippen molar-refractivity contribution in [2.75, 3.05) is 31.6 Å². The summed E-state index contributed by atoms with van der Waals surface area (Å²) in [6.07, 6.45) is 0.821. The Labute approximate surface area is 127 Å². The lowest BCUT2D eigenvalue weighted by molar-refractivity contribution is 0.0944. The molecule has 5 nitrogen and oxygen atoms in total. The molecule has 2 N–H and O–H groups in total. The number of carbonyl (C=O) groups excluding carboxylic acids is 1. The van der Waals surface area contributed by atoms with Crippen LogP contribution in [0, 0.1) is 0 Å². The third-order valence-electron chi connectivity index (χ3n) is 3.01. The van der Waals surface area contributed by atoms with Crippen LogP contribution >= 0.6 is 0 Å². The van der Waals surface area contributed by atoms with E-state index >= 15 is 0 Å². The number of rotatable bonds is 9. The van der Waals surface area contributed by atoms with E-state index in [9.17, 15) is 4.79 Å².